The van der Waals surface area contributed by atoms with Gasteiger partial charge >= 0.3 is 5.97 Å². The van der Waals surface area contributed by atoms with E-state index in [1.807, 2.05) is 18.2 Å². The number of likely N-dealkylation sites (N-methyl/N-ethyl adjacent to an activating group) is 1. The molecule has 1 aromatic carbocycles. The third kappa shape index (κ3) is 12.8. The van der Waals surface area contributed by atoms with Gasteiger partial charge in [0.2, 0.25) is 0 Å². The topological polar surface area (TPSA) is 51.2 Å². The van der Waals surface area contributed by atoms with Gasteiger partial charge in [0.1, 0.15) is 0 Å². The maximum absolute atomic E-state index is 12.6. The summed E-state index contributed by atoms with van der Waals surface area (Å²) in [5.74, 6) is 2.45. The van der Waals surface area contributed by atoms with Crippen LogP contribution in [0.4, 0.5) is 0 Å². The first-order valence-corrected chi connectivity index (χ1v) is 15.4. The van der Waals surface area contributed by atoms with Crippen LogP contribution >= 0.6 is 0 Å². The Hall–Kier alpha value is -1.79. The molecule has 1 aromatic rings. The van der Waals surface area contributed by atoms with Gasteiger partial charge in [0.05, 0.1) is 26.2 Å². The zero-order chi connectivity index (χ0) is 27.6. The molecule has 1 aliphatic heterocycles. The molecule has 2 rings (SSSR count). The van der Waals surface area contributed by atoms with Crippen LogP contribution in [0.1, 0.15) is 91.0 Å². The molecule has 218 valence electrons. The fourth-order valence-corrected chi connectivity index (χ4v) is 4.87. The highest BCUT2D eigenvalue weighted by Crippen LogP contribution is 2.31. The van der Waals surface area contributed by atoms with Crippen molar-refractivity contribution in [2.24, 2.45) is 11.8 Å². The van der Waals surface area contributed by atoms with Crippen molar-refractivity contribution in [1.82, 2.24) is 9.80 Å². The van der Waals surface area contributed by atoms with Gasteiger partial charge in [-0.3, -0.25) is 4.79 Å². The van der Waals surface area contributed by atoms with Crippen molar-refractivity contribution in [2.45, 2.75) is 91.9 Å². The van der Waals surface area contributed by atoms with Crippen LogP contribution in [0.15, 0.2) is 18.2 Å². The summed E-state index contributed by atoms with van der Waals surface area (Å²) >= 11 is 0. The summed E-state index contributed by atoms with van der Waals surface area (Å²) in [5, 5.41) is 0. The second-order valence-electron chi connectivity index (χ2n) is 11.1. The van der Waals surface area contributed by atoms with Crippen molar-refractivity contribution in [3.05, 3.63) is 23.8 Å². The maximum Gasteiger partial charge on any atom is 0.310 e. The number of carbonyl (C=O) groups excluding carboxylic acids is 1. The van der Waals surface area contributed by atoms with Crippen molar-refractivity contribution in [3.63, 3.8) is 0 Å². The lowest BCUT2D eigenvalue weighted by molar-refractivity contribution is -0.143. The first kappa shape index (κ1) is 32.4. The second kappa shape index (κ2) is 19.3. The minimum atomic E-state index is -0.178. The predicted molar refractivity (Wildman–Crippen MR) is 157 cm³/mol. The molecule has 6 nitrogen and oxygen atoms in total. The monoisotopic (exact) mass is 532 g/mol. The van der Waals surface area contributed by atoms with Crippen molar-refractivity contribution in [2.75, 3.05) is 59.6 Å². The Kier molecular flexibility index (Phi) is 16.5. The van der Waals surface area contributed by atoms with Crippen LogP contribution in [0.2, 0.25) is 0 Å². The normalized spacial score (nSPS) is 16.2. The number of piperazine rings is 1. The molecule has 0 aromatic heterocycles. The van der Waals surface area contributed by atoms with E-state index < -0.39 is 0 Å². The molecule has 0 amide bonds. The minimum absolute atomic E-state index is 0.178. The average molecular weight is 533 g/mol. The first-order valence-electron chi connectivity index (χ1n) is 15.4. The zero-order valence-electron chi connectivity index (χ0n) is 25.1. The fourth-order valence-electron chi connectivity index (χ4n) is 4.87. The molecule has 0 bridgehead atoms. The Morgan fingerprint density at radius 1 is 0.842 bits per heavy atom. The molecule has 0 spiro atoms. The molecular weight excluding hydrogens is 476 g/mol. The van der Waals surface area contributed by atoms with E-state index >= 15 is 0 Å². The Morgan fingerprint density at radius 2 is 1.45 bits per heavy atom. The number of unbranched alkanes of at least 4 members (excludes halogenated alkanes) is 2. The van der Waals surface area contributed by atoms with Gasteiger partial charge in [0.15, 0.2) is 11.5 Å². The SMILES string of the molecule is CCCCC(CC)COc1ccc(CC(=O)OCCCN2CCN(C)CC2)cc1OCC(CC)CCCC. The van der Waals surface area contributed by atoms with Gasteiger partial charge in [0, 0.05) is 32.7 Å². The van der Waals surface area contributed by atoms with Gasteiger partial charge < -0.3 is 24.0 Å². The van der Waals surface area contributed by atoms with Crippen LogP contribution in [0.25, 0.3) is 0 Å². The molecular formula is C32H56N2O4. The molecule has 0 radical (unpaired) electrons. The molecule has 6 heteroatoms. The Bertz CT molecular complexity index is 764. The van der Waals surface area contributed by atoms with Gasteiger partial charge in [-0.05, 0) is 55.8 Å². The van der Waals surface area contributed by atoms with Crippen LogP contribution in [0.3, 0.4) is 0 Å². The summed E-state index contributed by atoms with van der Waals surface area (Å²) in [6.07, 6.45) is 10.6. The fraction of sp³-hybridized carbons (Fsp3) is 0.781. The number of hydrogen-bond acceptors (Lipinski definition) is 6. The number of esters is 1. The van der Waals surface area contributed by atoms with Crippen LogP contribution in [-0.4, -0.2) is 75.4 Å². The van der Waals surface area contributed by atoms with Gasteiger partial charge in [-0.1, -0.05) is 72.3 Å². The van der Waals surface area contributed by atoms with Gasteiger partial charge in [-0.15, -0.1) is 0 Å². The van der Waals surface area contributed by atoms with Crippen molar-refractivity contribution in [3.8, 4) is 11.5 Å². The van der Waals surface area contributed by atoms with Crippen molar-refractivity contribution < 1.29 is 19.0 Å². The zero-order valence-corrected chi connectivity index (χ0v) is 25.1. The standard InChI is InChI=1S/C32H56N2O4/c1-6-10-13-27(8-3)25-37-30-16-15-29(23-31(30)38-26-28(9-4)14-11-7-2)24-32(35)36-22-12-17-34-20-18-33(5)19-21-34/h15-16,23,27-28H,6-14,17-22,24-26H2,1-5H3. The summed E-state index contributed by atoms with van der Waals surface area (Å²) in [6, 6.07) is 5.94. The highest BCUT2D eigenvalue weighted by Gasteiger charge is 2.16. The summed E-state index contributed by atoms with van der Waals surface area (Å²) in [4.78, 5) is 17.4. The van der Waals surface area contributed by atoms with Gasteiger partial charge in [-0.2, -0.15) is 0 Å². The van der Waals surface area contributed by atoms with Crippen LogP contribution < -0.4 is 9.47 Å². The number of nitrogens with zero attached hydrogens (tertiary/aromatic N) is 2. The van der Waals surface area contributed by atoms with E-state index in [1.165, 1.54) is 38.5 Å². The summed E-state index contributed by atoms with van der Waals surface area (Å²) in [7, 11) is 2.17. The number of ether oxygens (including phenoxy) is 3. The number of rotatable bonds is 20. The number of hydrogen-bond donors (Lipinski definition) is 0. The van der Waals surface area contributed by atoms with Crippen molar-refractivity contribution >= 4 is 5.97 Å². The average Bonchev–Trinajstić information content (AvgIpc) is 2.93. The number of benzene rings is 1. The Balaban J connectivity index is 1.93. The molecule has 2 atom stereocenters. The molecule has 0 N–H and O–H groups in total. The largest absolute Gasteiger partial charge is 0.489 e. The molecule has 2 unspecified atom stereocenters. The van der Waals surface area contributed by atoms with E-state index in [0.717, 1.165) is 69.0 Å². The van der Waals surface area contributed by atoms with E-state index in [2.05, 4.69) is 44.5 Å². The van der Waals surface area contributed by atoms with E-state index in [4.69, 9.17) is 14.2 Å². The molecule has 1 fully saturated rings. The molecule has 1 aliphatic rings. The van der Waals surface area contributed by atoms with Crippen LogP contribution in [0, 0.1) is 11.8 Å². The minimum Gasteiger partial charge on any atom is -0.489 e. The number of carbonyl (C=O) groups is 1. The molecule has 0 saturated carbocycles. The quantitative estimate of drug-likeness (QED) is 0.139. The first-order chi connectivity index (χ1) is 18.5. The van der Waals surface area contributed by atoms with E-state index in [9.17, 15) is 4.79 Å². The second-order valence-corrected chi connectivity index (χ2v) is 11.1. The molecule has 1 heterocycles. The van der Waals surface area contributed by atoms with E-state index in [-0.39, 0.29) is 12.4 Å². The van der Waals surface area contributed by atoms with Crippen molar-refractivity contribution in [1.29, 1.82) is 0 Å². The lowest BCUT2D eigenvalue weighted by Crippen LogP contribution is -2.44. The Labute approximate surface area is 233 Å². The third-order valence-corrected chi connectivity index (χ3v) is 7.87. The summed E-state index contributed by atoms with van der Waals surface area (Å²) in [5.41, 5.74) is 0.913. The van der Waals surface area contributed by atoms with Crippen LogP contribution in [0.5, 0.6) is 11.5 Å². The lowest BCUT2D eigenvalue weighted by atomic mass is 10.0. The summed E-state index contributed by atoms with van der Waals surface area (Å²) in [6.45, 7) is 16.2. The highest BCUT2D eigenvalue weighted by molar-refractivity contribution is 5.73. The van der Waals surface area contributed by atoms with E-state index in [0.29, 0.717) is 31.7 Å². The highest BCUT2D eigenvalue weighted by atomic mass is 16.5. The maximum atomic E-state index is 12.6. The lowest BCUT2D eigenvalue weighted by Gasteiger charge is -2.32. The van der Waals surface area contributed by atoms with Crippen LogP contribution in [-0.2, 0) is 16.0 Å². The molecule has 1 saturated heterocycles. The van der Waals surface area contributed by atoms with E-state index in [1.54, 1.807) is 0 Å². The van der Waals surface area contributed by atoms with Gasteiger partial charge in [-0.25, -0.2) is 0 Å². The summed E-state index contributed by atoms with van der Waals surface area (Å²) < 4.78 is 18.2. The van der Waals surface area contributed by atoms with Gasteiger partial charge in [0.25, 0.3) is 0 Å². The predicted octanol–water partition coefficient (Wildman–Crippen LogP) is 6.60. The molecule has 38 heavy (non-hydrogen) atoms. The third-order valence-electron chi connectivity index (χ3n) is 7.87. The molecule has 0 aliphatic carbocycles. The smallest absolute Gasteiger partial charge is 0.310 e. The Morgan fingerprint density at radius 3 is 2.03 bits per heavy atom.